The van der Waals surface area contributed by atoms with E-state index in [1.807, 2.05) is 17.5 Å². The van der Waals surface area contributed by atoms with E-state index in [0.717, 1.165) is 4.88 Å². The number of H-pyrrole nitrogens is 1. The van der Waals surface area contributed by atoms with Crippen molar-refractivity contribution >= 4 is 40.1 Å². The van der Waals surface area contributed by atoms with Crippen LogP contribution in [0.2, 0.25) is 5.02 Å². The van der Waals surface area contributed by atoms with Crippen LogP contribution in [0.5, 0.6) is 11.8 Å². The summed E-state index contributed by atoms with van der Waals surface area (Å²) < 4.78 is 5.67. The van der Waals surface area contributed by atoms with Crippen LogP contribution >= 0.6 is 22.9 Å². The third-order valence-electron chi connectivity index (χ3n) is 3.81. The van der Waals surface area contributed by atoms with Crippen molar-refractivity contribution in [3.05, 3.63) is 57.9 Å². The first-order valence-corrected chi connectivity index (χ1v) is 8.89. The number of carboxylic acid groups (broad SMARTS) is 1. The lowest BCUT2D eigenvalue weighted by Gasteiger charge is -2.05. The van der Waals surface area contributed by atoms with Crippen LogP contribution in [0.3, 0.4) is 0 Å². The minimum absolute atomic E-state index is 0.180. The van der Waals surface area contributed by atoms with Crippen LogP contribution in [0.1, 0.15) is 15.9 Å². The van der Waals surface area contributed by atoms with E-state index in [4.69, 9.17) is 16.3 Å². The van der Waals surface area contributed by atoms with E-state index in [9.17, 15) is 9.90 Å². The van der Waals surface area contributed by atoms with E-state index in [-0.39, 0.29) is 11.6 Å². The molecule has 6 nitrogen and oxygen atoms in total. The number of pyridine rings is 1. The zero-order valence-corrected chi connectivity index (χ0v) is 15.1. The molecule has 0 amide bonds. The van der Waals surface area contributed by atoms with Crippen molar-refractivity contribution in [2.45, 2.75) is 6.92 Å². The number of nitrogens with zero attached hydrogens (tertiary/aromatic N) is 2. The highest BCUT2D eigenvalue weighted by molar-refractivity contribution is 7.13. The molecule has 4 aromatic rings. The number of aromatic amines is 1. The Bertz CT molecular complexity index is 1120. The summed E-state index contributed by atoms with van der Waals surface area (Å²) >= 11 is 7.87. The maximum atomic E-state index is 11.3. The van der Waals surface area contributed by atoms with E-state index in [0.29, 0.717) is 33.2 Å². The van der Waals surface area contributed by atoms with Gasteiger partial charge in [0, 0.05) is 0 Å². The maximum Gasteiger partial charge on any atom is 0.336 e. The van der Waals surface area contributed by atoms with Crippen LogP contribution in [-0.2, 0) is 0 Å². The van der Waals surface area contributed by atoms with Crippen molar-refractivity contribution in [1.29, 1.82) is 0 Å². The highest BCUT2D eigenvalue weighted by atomic mass is 35.5. The first kappa shape index (κ1) is 16.6. The molecule has 0 fully saturated rings. The maximum absolute atomic E-state index is 11.3. The Morgan fingerprint density at radius 2 is 2.12 bits per heavy atom. The smallest absolute Gasteiger partial charge is 0.336 e. The predicted molar refractivity (Wildman–Crippen MR) is 100 cm³/mol. The molecule has 8 heteroatoms. The van der Waals surface area contributed by atoms with Gasteiger partial charge in [0.1, 0.15) is 11.4 Å². The number of thiophene rings is 1. The molecule has 0 spiro atoms. The molecule has 0 saturated carbocycles. The minimum atomic E-state index is -1.01. The summed E-state index contributed by atoms with van der Waals surface area (Å²) in [6.45, 7) is 1.73. The number of benzene rings is 1. The number of aromatic nitrogens is 3. The summed E-state index contributed by atoms with van der Waals surface area (Å²) in [5.41, 5.74) is 2.60. The van der Waals surface area contributed by atoms with Crippen LogP contribution in [0, 0.1) is 6.92 Å². The normalized spacial score (nSPS) is 11.0. The summed E-state index contributed by atoms with van der Waals surface area (Å²) in [4.78, 5) is 24.0. The molecule has 0 unspecified atom stereocenters. The molecule has 1 aromatic carbocycles. The summed E-state index contributed by atoms with van der Waals surface area (Å²) in [5.74, 6) is -0.636. The summed E-state index contributed by atoms with van der Waals surface area (Å²) in [7, 11) is 0. The number of aryl methyl sites for hydroxylation is 1. The van der Waals surface area contributed by atoms with Gasteiger partial charge in [0.15, 0.2) is 5.65 Å². The van der Waals surface area contributed by atoms with Gasteiger partial charge in [0.25, 0.3) is 0 Å². The average molecular weight is 386 g/mol. The van der Waals surface area contributed by atoms with E-state index in [2.05, 4.69) is 15.0 Å². The van der Waals surface area contributed by atoms with E-state index in [1.165, 1.54) is 6.07 Å². The number of halogens is 1. The van der Waals surface area contributed by atoms with Gasteiger partial charge in [-0.1, -0.05) is 23.7 Å². The monoisotopic (exact) mass is 385 g/mol. The Balaban J connectivity index is 1.70. The molecule has 130 valence electrons. The second-order valence-electron chi connectivity index (χ2n) is 5.59. The number of imidazole rings is 1. The minimum Gasteiger partial charge on any atom is -0.478 e. The van der Waals surface area contributed by atoms with Crippen molar-refractivity contribution in [1.82, 2.24) is 15.0 Å². The number of rotatable bonds is 4. The lowest BCUT2D eigenvalue weighted by molar-refractivity contribution is 0.0695. The van der Waals surface area contributed by atoms with Crippen molar-refractivity contribution in [3.8, 4) is 22.3 Å². The number of fused-ring (bicyclic) bond motifs is 1. The summed E-state index contributed by atoms with van der Waals surface area (Å²) in [6, 6.07) is 10.7. The Morgan fingerprint density at radius 3 is 2.85 bits per heavy atom. The van der Waals surface area contributed by atoms with Gasteiger partial charge in [-0.2, -0.15) is 4.98 Å². The van der Waals surface area contributed by atoms with Crippen LogP contribution in [0.15, 0.2) is 41.8 Å². The van der Waals surface area contributed by atoms with Crippen LogP contribution < -0.4 is 4.74 Å². The molecular weight excluding hydrogens is 374 g/mol. The lowest BCUT2D eigenvalue weighted by atomic mass is 10.1. The molecular formula is C18H12ClN3O3S. The van der Waals surface area contributed by atoms with Crippen molar-refractivity contribution in [3.63, 3.8) is 0 Å². The zero-order valence-electron chi connectivity index (χ0n) is 13.5. The highest BCUT2D eigenvalue weighted by Crippen LogP contribution is 2.32. The molecule has 0 radical (unpaired) electrons. The average Bonchev–Trinajstić information content (AvgIpc) is 3.24. The van der Waals surface area contributed by atoms with E-state index >= 15 is 0 Å². The van der Waals surface area contributed by atoms with Crippen LogP contribution in [0.4, 0.5) is 0 Å². The Kier molecular flexibility index (Phi) is 4.10. The Labute approximate surface area is 157 Å². The quantitative estimate of drug-likeness (QED) is 0.507. The molecule has 0 aliphatic rings. The molecule has 0 aliphatic heterocycles. The third kappa shape index (κ3) is 3.02. The fourth-order valence-electron chi connectivity index (χ4n) is 2.54. The number of nitrogens with one attached hydrogen (secondary N) is 1. The van der Waals surface area contributed by atoms with Crippen molar-refractivity contribution in [2.24, 2.45) is 0 Å². The van der Waals surface area contributed by atoms with Gasteiger partial charge in [-0.15, -0.1) is 11.3 Å². The van der Waals surface area contributed by atoms with E-state index < -0.39 is 5.97 Å². The second-order valence-corrected chi connectivity index (χ2v) is 6.95. The fraction of sp³-hybridized carbons (Fsp3) is 0.0556. The highest BCUT2D eigenvalue weighted by Gasteiger charge is 2.14. The van der Waals surface area contributed by atoms with Gasteiger partial charge in [-0.3, -0.25) is 0 Å². The molecule has 0 aliphatic carbocycles. The standard InChI is InChI=1S/C18H12ClN3O3S/c1-9-4-5-10(7-11(9)17(23)24)25-18-20-13-8-12(19)15(21-16(13)22-18)14-3-2-6-26-14/h2-8H,1H3,(H,23,24)(H,20,21,22). The Hall–Kier alpha value is -2.90. The van der Waals surface area contributed by atoms with Gasteiger partial charge in [-0.25, -0.2) is 9.78 Å². The molecule has 2 N–H and O–H groups in total. The number of ether oxygens (including phenoxy) is 1. The zero-order chi connectivity index (χ0) is 18.3. The van der Waals surface area contributed by atoms with Gasteiger partial charge in [0.2, 0.25) is 0 Å². The van der Waals surface area contributed by atoms with Crippen molar-refractivity contribution in [2.75, 3.05) is 0 Å². The van der Waals surface area contributed by atoms with Gasteiger partial charge in [0.05, 0.1) is 21.0 Å². The van der Waals surface area contributed by atoms with E-state index in [1.54, 1.807) is 36.5 Å². The summed E-state index contributed by atoms with van der Waals surface area (Å²) in [5, 5.41) is 11.7. The molecule has 0 bridgehead atoms. The topological polar surface area (TPSA) is 88.1 Å². The summed E-state index contributed by atoms with van der Waals surface area (Å²) in [6.07, 6.45) is 0. The lowest BCUT2D eigenvalue weighted by Crippen LogP contribution is -2.00. The number of hydrogen-bond acceptors (Lipinski definition) is 5. The van der Waals surface area contributed by atoms with Gasteiger partial charge in [-0.05, 0) is 42.1 Å². The molecule has 0 atom stereocenters. The first-order chi connectivity index (χ1) is 12.5. The van der Waals surface area contributed by atoms with Crippen LogP contribution in [0.25, 0.3) is 21.7 Å². The van der Waals surface area contributed by atoms with Crippen molar-refractivity contribution < 1.29 is 14.6 Å². The Morgan fingerprint density at radius 1 is 1.27 bits per heavy atom. The molecule has 3 heterocycles. The van der Waals surface area contributed by atoms with Gasteiger partial charge >= 0.3 is 12.0 Å². The van der Waals surface area contributed by atoms with Crippen LogP contribution in [-0.4, -0.2) is 26.0 Å². The second kappa shape index (κ2) is 6.44. The SMILES string of the molecule is Cc1ccc(Oc2nc3nc(-c4cccs4)c(Cl)cc3[nH]2)cc1C(=O)O. The molecule has 0 saturated heterocycles. The number of hydrogen-bond donors (Lipinski definition) is 2. The third-order valence-corrected chi connectivity index (χ3v) is 4.98. The van der Waals surface area contributed by atoms with Gasteiger partial charge < -0.3 is 14.8 Å². The first-order valence-electron chi connectivity index (χ1n) is 7.63. The number of aromatic carboxylic acids is 1. The molecule has 3 aromatic heterocycles. The molecule has 26 heavy (non-hydrogen) atoms. The fourth-order valence-corrected chi connectivity index (χ4v) is 3.57. The largest absolute Gasteiger partial charge is 0.478 e. The predicted octanol–water partition coefficient (Wildman–Crippen LogP) is 5.14. The molecule has 4 rings (SSSR count). The number of carbonyl (C=O) groups is 1. The number of carboxylic acids is 1.